The van der Waals surface area contributed by atoms with Gasteiger partial charge >= 0.3 is 0 Å². The fourth-order valence-corrected chi connectivity index (χ4v) is 8.41. The molecule has 0 aromatic heterocycles. The lowest BCUT2D eigenvalue weighted by Crippen LogP contribution is -2.20. The molecule has 8 aromatic rings. The highest BCUT2D eigenvalue weighted by Crippen LogP contribution is 2.54. The predicted octanol–water partition coefficient (Wildman–Crippen LogP) is 14.1. The van der Waals surface area contributed by atoms with Gasteiger partial charge in [-0.15, -0.1) is 0 Å². The van der Waals surface area contributed by atoms with E-state index in [0.717, 1.165) is 11.4 Å². The minimum absolute atomic E-state index is 0.156. The van der Waals surface area contributed by atoms with Gasteiger partial charge in [0, 0.05) is 16.8 Å². The molecule has 0 amide bonds. The van der Waals surface area contributed by atoms with Gasteiger partial charge in [0.2, 0.25) is 0 Å². The van der Waals surface area contributed by atoms with Crippen LogP contribution >= 0.6 is 0 Å². The Hall–Kier alpha value is -6.70. The Bertz CT molecular complexity index is 2560. The molecule has 0 heterocycles. The summed E-state index contributed by atoms with van der Waals surface area (Å²) < 4.78 is 0. The highest BCUT2D eigenvalue weighted by Gasteiger charge is 2.38. The summed E-state index contributed by atoms with van der Waals surface area (Å²) >= 11 is 0. The first-order chi connectivity index (χ1) is 26.6. The number of rotatable bonds is 8. The molecule has 0 unspecified atom stereocenters. The molecule has 9 rings (SSSR count). The van der Waals surface area contributed by atoms with Gasteiger partial charge in [-0.2, -0.15) is 0 Å². The molecule has 8 aromatic carbocycles. The summed E-state index contributed by atoms with van der Waals surface area (Å²) in [6, 6.07) is 76.9. The van der Waals surface area contributed by atoms with Crippen molar-refractivity contribution in [2.45, 2.75) is 19.3 Å². The highest BCUT2D eigenvalue weighted by atomic mass is 15.1. The molecule has 0 bridgehead atoms. The molecule has 54 heavy (non-hydrogen) atoms. The number of hydrogen-bond acceptors (Lipinski definition) is 1. The maximum atomic E-state index is 2.44. The van der Waals surface area contributed by atoms with E-state index in [-0.39, 0.29) is 5.41 Å². The monoisotopic (exact) mass is 691 g/mol. The van der Waals surface area contributed by atoms with Crippen LogP contribution in [0.3, 0.4) is 0 Å². The number of para-hydroxylation sites is 1. The third-order valence-corrected chi connectivity index (χ3v) is 10.8. The zero-order chi connectivity index (χ0) is 36.5. The molecule has 258 valence electrons. The predicted molar refractivity (Wildman–Crippen MR) is 228 cm³/mol. The normalized spacial score (nSPS) is 12.4. The summed E-state index contributed by atoms with van der Waals surface area (Å²) in [5.74, 6) is 0. The smallest absolute Gasteiger partial charge is 0.0508 e. The van der Waals surface area contributed by atoms with Crippen molar-refractivity contribution in [3.8, 4) is 22.3 Å². The summed E-state index contributed by atoms with van der Waals surface area (Å²) in [6.45, 7) is 4.73. The lowest BCUT2D eigenvalue weighted by Gasteiger charge is -2.32. The molecule has 0 saturated heterocycles. The lowest BCUT2D eigenvalue weighted by molar-refractivity contribution is 0.661. The molecule has 0 atom stereocenters. The Labute approximate surface area is 319 Å². The first kappa shape index (κ1) is 33.2. The summed E-state index contributed by atoms with van der Waals surface area (Å²) in [6.07, 6.45) is 0. The first-order valence-corrected chi connectivity index (χ1v) is 18.8. The molecule has 1 aliphatic rings. The van der Waals surface area contributed by atoms with E-state index in [0.29, 0.717) is 0 Å². The Morgan fingerprint density at radius 2 is 0.815 bits per heavy atom. The van der Waals surface area contributed by atoms with E-state index in [2.05, 4.69) is 231 Å². The van der Waals surface area contributed by atoms with Crippen LogP contribution in [0.4, 0.5) is 17.1 Å². The summed E-state index contributed by atoms with van der Waals surface area (Å²) in [5, 5.41) is 0. The second kappa shape index (κ2) is 14.0. The van der Waals surface area contributed by atoms with Gasteiger partial charge in [-0.3, -0.25) is 0 Å². The molecule has 0 spiro atoms. The molecule has 0 radical (unpaired) electrons. The van der Waals surface area contributed by atoms with Crippen molar-refractivity contribution in [2.75, 3.05) is 4.90 Å². The van der Waals surface area contributed by atoms with E-state index in [1.54, 1.807) is 0 Å². The Morgan fingerprint density at radius 3 is 1.44 bits per heavy atom. The van der Waals surface area contributed by atoms with Gasteiger partial charge in [0.05, 0.1) is 5.69 Å². The molecule has 1 nitrogen and oxygen atoms in total. The van der Waals surface area contributed by atoms with Crippen molar-refractivity contribution in [3.63, 3.8) is 0 Å². The summed E-state index contributed by atoms with van der Waals surface area (Å²) in [5.41, 5.74) is 18.2. The molecule has 1 heteroatoms. The maximum Gasteiger partial charge on any atom is 0.0508 e. The van der Waals surface area contributed by atoms with Crippen molar-refractivity contribution >= 4 is 28.2 Å². The standard InChI is InChI=1S/C53H41N/c1-53(2)48-34-16-15-32-46(48)47-33-19-35-49(52(47)53)54(44-29-13-6-14-30-44)45-31-18-27-42(37-45)41-26-17-28-43(36-41)51(40-24-11-5-12-25-40)50(38-20-7-3-8-21-38)39-22-9-4-10-23-39/h3-37H,1-2H3. The number of hydrogen-bond donors (Lipinski definition) is 0. The first-order valence-electron chi connectivity index (χ1n) is 18.8. The van der Waals surface area contributed by atoms with Gasteiger partial charge in [-0.25, -0.2) is 0 Å². The number of fused-ring (bicyclic) bond motifs is 3. The van der Waals surface area contributed by atoms with E-state index in [4.69, 9.17) is 0 Å². The molecule has 0 fully saturated rings. The van der Waals surface area contributed by atoms with Crippen molar-refractivity contribution in [1.29, 1.82) is 0 Å². The number of anilines is 3. The minimum atomic E-state index is -0.156. The zero-order valence-electron chi connectivity index (χ0n) is 30.7. The SMILES string of the molecule is CC1(C)c2ccccc2-c2cccc(N(c3ccccc3)c3cccc(-c4cccc(C(=C(c5ccccc5)c5ccccc5)c5ccccc5)c4)c3)c21. The Morgan fingerprint density at radius 1 is 0.370 bits per heavy atom. The second-order valence-corrected chi connectivity index (χ2v) is 14.5. The Kier molecular flexibility index (Phi) is 8.61. The number of nitrogens with zero attached hydrogens (tertiary/aromatic N) is 1. The van der Waals surface area contributed by atoms with Gasteiger partial charge in [0.25, 0.3) is 0 Å². The van der Waals surface area contributed by atoms with Gasteiger partial charge in [0.15, 0.2) is 0 Å². The summed E-state index contributed by atoms with van der Waals surface area (Å²) in [4.78, 5) is 2.44. The van der Waals surface area contributed by atoms with Crippen LogP contribution in [0.25, 0.3) is 33.4 Å². The largest absolute Gasteiger partial charge is 0.310 e. The van der Waals surface area contributed by atoms with E-state index >= 15 is 0 Å². The van der Waals surface area contributed by atoms with E-state index in [1.165, 1.54) is 72.5 Å². The summed E-state index contributed by atoms with van der Waals surface area (Å²) in [7, 11) is 0. The van der Waals surface area contributed by atoms with Gasteiger partial charge in [0.1, 0.15) is 0 Å². The van der Waals surface area contributed by atoms with Crippen molar-refractivity contribution < 1.29 is 0 Å². The molecule has 0 aliphatic heterocycles. The lowest BCUT2D eigenvalue weighted by atomic mass is 9.81. The van der Waals surface area contributed by atoms with Crippen LogP contribution in [0, 0.1) is 0 Å². The topological polar surface area (TPSA) is 3.24 Å². The van der Waals surface area contributed by atoms with Gasteiger partial charge in [-0.1, -0.05) is 190 Å². The molecule has 1 aliphatic carbocycles. The van der Waals surface area contributed by atoms with E-state index in [9.17, 15) is 0 Å². The van der Waals surface area contributed by atoms with E-state index < -0.39 is 0 Å². The second-order valence-electron chi connectivity index (χ2n) is 14.5. The van der Waals surface area contributed by atoms with Crippen molar-refractivity contribution in [3.05, 3.63) is 246 Å². The maximum absolute atomic E-state index is 2.44. The molecule has 0 N–H and O–H groups in total. The average Bonchev–Trinajstić information content (AvgIpc) is 3.48. The quantitative estimate of drug-likeness (QED) is 0.143. The number of benzene rings is 8. The zero-order valence-corrected chi connectivity index (χ0v) is 30.7. The van der Waals surface area contributed by atoms with Gasteiger partial charge in [-0.05, 0) is 103 Å². The van der Waals surface area contributed by atoms with Crippen LogP contribution in [-0.2, 0) is 5.41 Å². The van der Waals surface area contributed by atoms with Crippen LogP contribution in [0.2, 0.25) is 0 Å². The minimum Gasteiger partial charge on any atom is -0.310 e. The van der Waals surface area contributed by atoms with Crippen molar-refractivity contribution in [1.82, 2.24) is 0 Å². The fraction of sp³-hybridized carbons (Fsp3) is 0.0566. The molecular formula is C53H41N. The Balaban J connectivity index is 1.22. The van der Waals surface area contributed by atoms with Gasteiger partial charge < -0.3 is 4.90 Å². The van der Waals surface area contributed by atoms with Crippen LogP contribution in [0.1, 0.15) is 47.2 Å². The molecule has 0 saturated carbocycles. The average molecular weight is 692 g/mol. The van der Waals surface area contributed by atoms with Crippen LogP contribution in [0.5, 0.6) is 0 Å². The molecular weight excluding hydrogens is 651 g/mol. The third kappa shape index (κ3) is 5.94. The van der Waals surface area contributed by atoms with Crippen LogP contribution in [0.15, 0.2) is 212 Å². The third-order valence-electron chi connectivity index (χ3n) is 10.8. The fourth-order valence-electron chi connectivity index (χ4n) is 8.41. The van der Waals surface area contributed by atoms with Crippen LogP contribution < -0.4 is 4.90 Å². The highest BCUT2D eigenvalue weighted by molar-refractivity contribution is 6.05. The van der Waals surface area contributed by atoms with Crippen molar-refractivity contribution in [2.24, 2.45) is 0 Å². The van der Waals surface area contributed by atoms with E-state index in [1.807, 2.05) is 0 Å². The van der Waals surface area contributed by atoms with Crippen LogP contribution in [-0.4, -0.2) is 0 Å².